The fraction of sp³-hybridized carbons (Fsp3) is 0.933. The SMILES string of the molecule is CCCCCCCCCCCC(=O)OCC(O)CO.CCCCCCCCCCCC(=O)OCC(O)CO.OO. The Hall–Kier alpha value is -1.30. The van der Waals surface area contributed by atoms with Gasteiger partial charge in [0.25, 0.3) is 0 Å². The molecule has 0 amide bonds. The first-order valence-corrected chi connectivity index (χ1v) is 15.5. The van der Waals surface area contributed by atoms with Gasteiger partial charge in [0.1, 0.15) is 25.4 Å². The Labute approximate surface area is 243 Å². The number of aliphatic hydroxyl groups is 4. The molecule has 0 fully saturated rings. The van der Waals surface area contributed by atoms with Crippen LogP contribution in [0.25, 0.3) is 0 Å². The first-order chi connectivity index (χ1) is 19.4. The van der Waals surface area contributed by atoms with Crippen LogP contribution in [0.1, 0.15) is 142 Å². The van der Waals surface area contributed by atoms with Crippen molar-refractivity contribution in [1.82, 2.24) is 0 Å². The lowest BCUT2D eigenvalue weighted by molar-refractivity contribution is -0.176. The predicted octanol–water partition coefficient (Wildman–Crippen LogP) is 5.62. The predicted molar refractivity (Wildman–Crippen MR) is 157 cm³/mol. The Balaban J connectivity index is -0.000000644. The molecule has 0 radical (unpaired) electrons. The van der Waals surface area contributed by atoms with Gasteiger partial charge in [0, 0.05) is 12.8 Å². The third kappa shape index (κ3) is 38.8. The molecule has 10 heteroatoms. The van der Waals surface area contributed by atoms with Gasteiger partial charge in [-0.05, 0) is 12.8 Å². The van der Waals surface area contributed by atoms with Crippen LogP contribution in [0.2, 0.25) is 0 Å². The molecule has 2 atom stereocenters. The highest BCUT2D eigenvalue weighted by molar-refractivity contribution is 5.69. The van der Waals surface area contributed by atoms with Crippen molar-refractivity contribution in [2.24, 2.45) is 0 Å². The fourth-order valence-corrected chi connectivity index (χ4v) is 3.79. The summed E-state index contributed by atoms with van der Waals surface area (Å²) < 4.78 is 9.64. The van der Waals surface area contributed by atoms with E-state index < -0.39 is 12.2 Å². The molecule has 0 aromatic carbocycles. The number of unbranched alkanes of at least 4 members (excludes halogenated alkanes) is 16. The van der Waals surface area contributed by atoms with Crippen molar-refractivity contribution in [1.29, 1.82) is 0 Å². The van der Waals surface area contributed by atoms with Crippen molar-refractivity contribution in [3.63, 3.8) is 0 Å². The molecule has 0 rings (SSSR count). The van der Waals surface area contributed by atoms with Crippen LogP contribution in [-0.2, 0) is 19.1 Å². The summed E-state index contributed by atoms with van der Waals surface area (Å²) >= 11 is 0. The lowest BCUT2D eigenvalue weighted by Crippen LogP contribution is -2.21. The molecule has 2 unspecified atom stereocenters. The first kappa shape index (κ1) is 43.2. The van der Waals surface area contributed by atoms with E-state index in [4.69, 9.17) is 40.4 Å². The molecule has 0 saturated heterocycles. The third-order valence-electron chi connectivity index (χ3n) is 6.26. The van der Waals surface area contributed by atoms with Crippen LogP contribution in [-0.4, -0.2) is 81.5 Å². The summed E-state index contributed by atoms with van der Waals surface area (Å²) in [7, 11) is 0. The smallest absolute Gasteiger partial charge is 0.305 e. The molecule has 0 aromatic rings. The molecular weight excluding hydrogens is 520 g/mol. The molecule has 0 bridgehead atoms. The monoisotopic (exact) mass is 582 g/mol. The lowest BCUT2D eigenvalue weighted by atomic mass is 10.1. The van der Waals surface area contributed by atoms with Gasteiger partial charge in [-0.15, -0.1) is 0 Å². The molecule has 0 saturated carbocycles. The van der Waals surface area contributed by atoms with Gasteiger partial charge < -0.3 is 29.9 Å². The van der Waals surface area contributed by atoms with Crippen LogP contribution in [0.4, 0.5) is 0 Å². The second-order valence-corrected chi connectivity index (χ2v) is 10.2. The average Bonchev–Trinajstić information content (AvgIpc) is 2.98. The maximum atomic E-state index is 11.3. The minimum absolute atomic E-state index is 0.104. The second kappa shape index (κ2) is 37.7. The van der Waals surface area contributed by atoms with Crippen molar-refractivity contribution >= 4 is 11.9 Å². The van der Waals surface area contributed by atoms with Crippen LogP contribution in [0.15, 0.2) is 0 Å². The molecule has 242 valence electrons. The summed E-state index contributed by atoms with van der Waals surface area (Å²) in [5, 5.41) is 47.1. The summed E-state index contributed by atoms with van der Waals surface area (Å²) in [6, 6.07) is 0. The normalized spacial score (nSPS) is 11.9. The molecule has 6 N–H and O–H groups in total. The quantitative estimate of drug-likeness (QED) is 0.0325. The standard InChI is InChI=1S/2C15H30O4.H2O2/c2*1-2-3-4-5-6-7-8-9-10-11-15(18)19-13-14(17)12-16;1-2/h2*14,16-17H,2-13H2,1H3;1-2H. The van der Waals surface area contributed by atoms with E-state index in [1.54, 1.807) is 0 Å². The summed E-state index contributed by atoms with van der Waals surface area (Å²) in [5.74, 6) is -0.564. The van der Waals surface area contributed by atoms with Crippen LogP contribution >= 0.6 is 0 Å². The summed E-state index contributed by atoms with van der Waals surface area (Å²) in [4.78, 5) is 22.5. The number of hydrogen-bond acceptors (Lipinski definition) is 10. The Kier molecular flexibility index (Phi) is 40.7. The van der Waals surface area contributed by atoms with E-state index in [1.165, 1.54) is 89.9 Å². The maximum absolute atomic E-state index is 11.3. The largest absolute Gasteiger partial charge is 0.463 e. The van der Waals surface area contributed by atoms with E-state index in [1.807, 2.05) is 0 Å². The molecule has 0 spiro atoms. The van der Waals surface area contributed by atoms with E-state index in [0.29, 0.717) is 12.8 Å². The zero-order valence-electron chi connectivity index (χ0n) is 25.4. The maximum Gasteiger partial charge on any atom is 0.305 e. The van der Waals surface area contributed by atoms with Gasteiger partial charge in [0.15, 0.2) is 0 Å². The third-order valence-corrected chi connectivity index (χ3v) is 6.26. The number of rotatable bonds is 26. The van der Waals surface area contributed by atoms with Gasteiger partial charge in [-0.2, -0.15) is 0 Å². The average molecular weight is 583 g/mol. The highest BCUT2D eigenvalue weighted by Gasteiger charge is 2.08. The van der Waals surface area contributed by atoms with Gasteiger partial charge in [0.05, 0.1) is 13.2 Å². The molecular formula is C30H62O10. The topological polar surface area (TPSA) is 174 Å². The summed E-state index contributed by atoms with van der Waals surface area (Å²) in [6.07, 6.45) is 20.8. The van der Waals surface area contributed by atoms with Crippen molar-refractivity contribution in [2.75, 3.05) is 26.4 Å². The van der Waals surface area contributed by atoms with E-state index in [-0.39, 0.29) is 38.4 Å². The Bertz CT molecular complexity index is 461. The van der Waals surface area contributed by atoms with Crippen molar-refractivity contribution in [3.8, 4) is 0 Å². The number of hydrogen-bond donors (Lipinski definition) is 6. The van der Waals surface area contributed by atoms with Gasteiger partial charge >= 0.3 is 11.9 Å². The number of carbonyl (C=O) groups is 2. The Morgan fingerprint density at radius 2 is 0.750 bits per heavy atom. The molecule has 0 heterocycles. The summed E-state index contributed by atoms with van der Waals surface area (Å²) in [5.41, 5.74) is 0. The fourth-order valence-electron chi connectivity index (χ4n) is 3.79. The van der Waals surface area contributed by atoms with Gasteiger partial charge in [-0.3, -0.25) is 20.1 Å². The van der Waals surface area contributed by atoms with Gasteiger partial charge in [0.2, 0.25) is 0 Å². The van der Waals surface area contributed by atoms with Crippen molar-refractivity contribution in [3.05, 3.63) is 0 Å². The second-order valence-electron chi connectivity index (χ2n) is 10.2. The highest BCUT2D eigenvalue weighted by Crippen LogP contribution is 2.12. The lowest BCUT2D eigenvalue weighted by Gasteiger charge is -2.08. The van der Waals surface area contributed by atoms with Crippen molar-refractivity contribution < 1.29 is 50.0 Å². The van der Waals surface area contributed by atoms with Crippen LogP contribution in [0.5, 0.6) is 0 Å². The summed E-state index contributed by atoms with van der Waals surface area (Å²) in [6.45, 7) is 3.49. The van der Waals surface area contributed by atoms with Crippen LogP contribution < -0.4 is 0 Å². The zero-order valence-corrected chi connectivity index (χ0v) is 25.4. The first-order valence-electron chi connectivity index (χ1n) is 15.5. The van der Waals surface area contributed by atoms with Crippen LogP contribution in [0.3, 0.4) is 0 Å². The molecule has 0 aliphatic heterocycles. The van der Waals surface area contributed by atoms with Gasteiger partial charge in [-0.25, -0.2) is 0 Å². The van der Waals surface area contributed by atoms with E-state index in [2.05, 4.69) is 13.8 Å². The van der Waals surface area contributed by atoms with Gasteiger partial charge in [-0.1, -0.05) is 117 Å². The van der Waals surface area contributed by atoms with Crippen LogP contribution in [0, 0.1) is 0 Å². The number of esters is 2. The van der Waals surface area contributed by atoms with E-state index in [0.717, 1.165) is 25.7 Å². The molecule has 0 aliphatic rings. The highest BCUT2D eigenvalue weighted by atomic mass is 17.0. The minimum atomic E-state index is -0.952. The number of carbonyl (C=O) groups excluding carboxylic acids is 2. The zero-order chi connectivity index (χ0) is 30.7. The number of ether oxygens (including phenoxy) is 2. The molecule has 40 heavy (non-hydrogen) atoms. The molecule has 10 nitrogen and oxygen atoms in total. The van der Waals surface area contributed by atoms with E-state index >= 15 is 0 Å². The Morgan fingerprint density at radius 3 is 1.00 bits per heavy atom. The van der Waals surface area contributed by atoms with E-state index in [9.17, 15) is 9.59 Å². The Morgan fingerprint density at radius 1 is 0.500 bits per heavy atom. The van der Waals surface area contributed by atoms with Crippen molar-refractivity contribution in [2.45, 2.75) is 154 Å². The minimum Gasteiger partial charge on any atom is -0.463 e. The molecule has 0 aromatic heterocycles. The number of aliphatic hydroxyl groups excluding tert-OH is 4. The molecule has 0 aliphatic carbocycles.